The van der Waals surface area contributed by atoms with Crippen LogP contribution >= 0.6 is 24.4 Å². The van der Waals surface area contributed by atoms with E-state index in [0.29, 0.717) is 4.71 Å². The molecule has 0 spiro atoms. The van der Waals surface area contributed by atoms with Gasteiger partial charge < -0.3 is 0 Å². The van der Waals surface area contributed by atoms with Crippen molar-refractivity contribution in [1.29, 1.82) is 0 Å². The first-order valence-corrected chi connectivity index (χ1v) is 5.41. The summed E-state index contributed by atoms with van der Waals surface area (Å²) in [7, 11) is 0. The molecule has 0 aliphatic heterocycles. The second-order valence-electron chi connectivity index (χ2n) is 2.72. The van der Waals surface area contributed by atoms with E-state index in [9.17, 15) is 0 Å². The average Bonchev–Trinajstić information content (AvgIpc) is 1.87. The van der Waals surface area contributed by atoms with Gasteiger partial charge in [0.1, 0.15) is 0 Å². The summed E-state index contributed by atoms with van der Waals surface area (Å²) in [5, 5.41) is 3.29. The van der Waals surface area contributed by atoms with Crippen LogP contribution < -0.4 is 5.32 Å². The van der Waals surface area contributed by atoms with Crippen LogP contribution in [0.3, 0.4) is 0 Å². The zero-order chi connectivity index (χ0) is 7.98. The Balaban J connectivity index is 3.03. The van der Waals surface area contributed by atoms with E-state index in [1.165, 1.54) is 6.42 Å². The fraction of sp³-hybridized carbons (Fsp3) is 1.00. The molecule has 1 nitrogen and oxygen atoms in total. The van der Waals surface area contributed by atoms with Crippen molar-refractivity contribution in [2.24, 2.45) is 5.92 Å². The summed E-state index contributed by atoms with van der Waals surface area (Å²) in [4.78, 5) is 0. The standard InChI is InChI=1S/C7H17NS2/c1-6(2)4-5-8-7(9)10-3/h6-9H,4-5H2,1-3H3. The van der Waals surface area contributed by atoms with E-state index < -0.39 is 0 Å². The molecule has 3 heteroatoms. The maximum atomic E-state index is 4.28. The molecule has 1 unspecified atom stereocenters. The van der Waals surface area contributed by atoms with Crippen LogP contribution in [0, 0.1) is 5.92 Å². The van der Waals surface area contributed by atoms with Gasteiger partial charge in [0.05, 0.1) is 4.71 Å². The fourth-order valence-corrected chi connectivity index (χ4v) is 0.992. The highest BCUT2D eigenvalue weighted by atomic mass is 32.2. The van der Waals surface area contributed by atoms with Crippen molar-refractivity contribution in [3.63, 3.8) is 0 Å². The predicted molar refractivity (Wildman–Crippen MR) is 53.7 cm³/mol. The Labute approximate surface area is 73.8 Å². The lowest BCUT2D eigenvalue weighted by Gasteiger charge is -2.10. The van der Waals surface area contributed by atoms with Gasteiger partial charge in [-0.1, -0.05) is 13.8 Å². The van der Waals surface area contributed by atoms with E-state index in [0.717, 1.165) is 12.5 Å². The van der Waals surface area contributed by atoms with Crippen molar-refractivity contribution in [2.75, 3.05) is 12.8 Å². The SMILES string of the molecule is CSC(S)NCCC(C)C. The quantitative estimate of drug-likeness (QED) is 0.496. The van der Waals surface area contributed by atoms with Gasteiger partial charge in [0.25, 0.3) is 0 Å². The first-order chi connectivity index (χ1) is 4.66. The highest BCUT2D eigenvalue weighted by molar-refractivity contribution is 8.09. The van der Waals surface area contributed by atoms with Crippen molar-refractivity contribution >= 4 is 24.4 Å². The molecule has 0 saturated carbocycles. The summed E-state index contributed by atoms with van der Waals surface area (Å²) in [6.45, 7) is 5.54. The number of thioether (sulfide) groups is 1. The Kier molecular flexibility index (Phi) is 6.80. The molecule has 1 atom stereocenters. The fourth-order valence-electron chi connectivity index (χ4n) is 0.579. The molecule has 0 amide bonds. The average molecular weight is 179 g/mol. The topological polar surface area (TPSA) is 12.0 Å². The third-order valence-corrected chi connectivity index (χ3v) is 2.69. The molecular formula is C7H17NS2. The Hall–Kier alpha value is 0.660. The molecule has 0 radical (unpaired) electrons. The van der Waals surface area contributed by atoms with Gasteiger partial charge in [-0.2, -0.15) is 0 Å². The van der Waals surface area contributed by atoms with Crippen molar-refractivity contribution in [1.82, 2.24) is 5.32 Å². The molecule has 0 saturated heterocycles. The van der Waals surface area contributed by atoms with Gasteiger partial charge in [-0.05, 0) is 25.1 Å². The van der Waals surface area contributed by atoms with Crippen LogP contribution in [0.1, 0.15) is 20.3 Å². The first-order valence-electron chi connectivity index (χ1n) is 3.61. The van der Waals surface area contributed by atoms with Crippen molar-refractivity contribution in [3.05, 3.63) is 0 Å². The predicted octanol–water partition coefficient (Wildman–Crippen LogP) is 2.20. The second-order valence-corrected chi connectivity index (χ2v) is 4.53. The van der Waals surface area contributed by atoms with E-state index >= 15 is 0 Å². The number of hydrogen-bond donors (Lipinski definition) is 2. The molecule has 0 bridgehead atoms. The summed E-state index contributed by atoms with van der Waals surface area (Å²) >= 11 is 6.01. The number of nitrogens with one attached hydrogen (secondary N) is 1. The van der Waals surface area contributed by atoms with E-state index in [2.05, 4.69) is 38.0 Å². The smallest absolute Gasteiger partial charge is 0.0970 e. The van der Waals surface area contributed by atoms with Crippen molar-refractivity contribution in [3.8, 4) is 0 Å². The Morgan fingerprint density at radius 3 is 2.50 bits per heavy atom. The zero-order valence-corrected chi connectivity index (χ0v) is 8.64. The Bertz CT molecular complexity index is 76.0. The van der Waals surface area contributed by atoms with Crippen molar-refractivity contribution < 1.29 is 0 Å². The Morgan fingerprint density at radius 1 is 1.50 bits per heavy atom. The van der Waals surface area contributed by atoms with Crippen LogP contribution in [-0.4, -0.2) is 17.5 Å². The lowest BCUT2D eigenvalue weighted by Crippen LogP contribution is -2.22. The van der Waals surface area contributed by atoms with E-state index in [1.54, 1.807) is 11.8 Å². The molecule has 0 rings (SSSR count). The number of thiol groups is 1. The van der Waals surface area contributed by atoms with E-state index in [-0.39, 0.29) is 0 Å². The van der Waals surface area contributed by atoms with Crippen LogP contribution in [0.5, 0.6) is 0 Å². The lowest BCUT2D eigenvalue weighted by molar-refractivity contribution is 0.554. The molecule has 0 aliphatic carbocycles. The van der Waals surface area contributed by atoms with E-state index in [4.69, 9.17) is 0 Å². The first kappa shape index (κ1) is 10.7. The lowest BCUT2D eigenvalue weighted by atomic mass is 10.1. The van der Waals surface area contributed by atoms with Gasteiger partial charge >= 0.3 is 0 Å². The highest BCUT2D eigenvalue weighted by Crippen LogP contribution is 2.06. The van der Waals surface area contributed by atoms with Gasteiger partial charge in [-0.3, -0.25) is 5.32 Å². The molecule has 0 heterocycles. The summed E-state index contributed by atoms with van der Waals surface area (Å²) < 4.78 is 0.304. The monoisotopic (exact) mass is 179 g/mol. The molecular weight excluding hydrogens is 162 g/mol. The molecule has 0 fully saturated rings. The Morgan fingerprint density at radius 2 is 2.10 bits per heavy atom. The molecule has 10 heavy (non-hydrogen) atoms. The largest absolute Gasteiger partial charge is 0.297 e. The van der Waals surface area contributed by atoms with E-state index in [1.807, 2.05) is 0 Å². The van der Waals surface area contributed by atoms with Gasteiger partial charge in [0, 0.05) is 0 Å². The van der Waals surface area contributed by atoms with Crippen LogP contribution in [0.4, 0.5) is 0 Å². The van der Waals surface area contributed by atoms with Gasteiger partial charge in [0.2, 0.25) is 0 Å². The van der Waals surface area contributed by atoms with Gasteiger partial charge in [0.15, 0.2) is 0 Å². The highest BCUT2D eigenvalue weighted by Gasteiger charge is 1.98. The molecule has 1 N–H and O–H groups in total. The van der Waals surface area contributed by atoms with Gasteiger partial charge in [-0.15, -0.1) is 24.4 Å². The zero-order valence-electron chi connectivity index (χ0n) is 6.92. The molecule has 62 valence electrons. The summed E-state index contributed by atoms with van der Waals surface area (Å²) in [5.41, 5.74) is 0. The third-order valence-electron chi connectivity index (χ3n) is 1.26. The second kappa shape index (κ2) is 6.38. The normalized spacial score (nSPS) is 14.1. The number of hydrogen-bond acceptors (Lipinski definition) is 3. The minimum atomic E-state index is 0.304. The molecule has 0 aromatic carbocycles. The summed E-state index contributed by atoms with van der Waals surface area (Å²) in [6.07, 6.45) is 3.29. The molecule has 0 aromatic rings. The van der Waals surface area contributed by atoms with Gasteiger partial charge in [-0.25, -0.2) is 0 Å². The summed E-state index contributed by atoms with van der Waals surface area (Å²) in [5.74, 6) is 0.787. The number of rotatable bonds is 5. The minimum Gasteiger partial charge on any atom is -0.297 e. The van der Waals surface area contributed by atoms with Crippen LogP contribution in [0.25, 0.3) is 0 Å². The maximum absolute atomic E-state index is 4.28. The van der Waals surface area contributed by atoms with Crippen molar-refractivity contribution in [2.45, 2.75) is 25.0 Å². The summed E-state index contributed by atoms with van der Waals surface area (Å²) in [6, 6.07) is 0. The van der Waals surface area contributed by atoms with Crippen LogP contribution in [0.15, 0.2) is 0 Å². The molecule has 0 aromatic heterocycles. The van der Waals surface area contributed by atoms with Crippen LogP contribution in [0.2, 0.25) is 0 Å². The third kappa shape index (κ3) is 6.78. The molecule has 0 aliphatic rings. The minimum absolute atomic E-state index is 0.304. The maximum Gasteiger partial charge on any atom is 0.0970 e. The van der Waals surface area contributed by atoms with Crippen LogP contribution in [-0.2, 0) is 0 Å².